The van der Waals surface area contributed by atoms with Crippen LogP contribution in [-0.2, 0) is 14.3 Å². The molecule has 9 heteroatoms. The van der Waals surface area contributed by atoms with Gasteiger partial charge in [-0.05, 0) is 30.2 Å². The van der Waals surface area contributed by atoms with Crippen LogP contribution in [0.5, 0.6) is 0 Å². The number of hydrogen-bond acceptors (Lipinski definition) is 6. The average molecular weight is 469 g/mol. The van der Waals surface area contributed by atoms with Gasteiger partial charge in [0, 0.05) is 26.8 Å². The average Bonchev–Trinajstić information content (AvgIpc) is 2.81. The van der Waals surface area contributed by atoms with Crippen LogP contribution in [0.15, 0.2) is 48.5 Å². The van der Waals surface area contributed by atoms with Crippen LogP contribution in [0.25, 0.3) is 0 Å². The van der Waals surface area contributed by atoms with Crippen molar-refractivity contribution in [2.24, 2.45) is 5.92 Å². The van der Waals surface area contributed by atoms with Crippen molar-refractivity contribution in [3.63, 3.8) is 0 Å². The second-order valence-corrected chi connectivity index (χ2v) is 8.31. The molecule has 1 unspecified atom stereocenters. The maximum absolute atomic E-state index is 13.1. The number of para-hydroxylation sites is 2. The summed E-state index contributed by atoms with van der Waals surface area (Å²) >= 11 is 0. The monoisotopic (exact) mass is 468 g/mol. The van der Waals surface area contributed by atoms with Gasteiger partial charge in [0.2, 0.25) is 11.8 Å². The first-order valence-corrected chi connectivity index (χ1v) is 10.9. The number of esters is 1. The lowest BCUT2D eigenvalue weighted by Crippen LogP contribution is -2.51. The van der Waals surface area contributed by atoms with E-state index in [9.17, 15) is 19.2 Å². The molecule has 0 aliphatic heterocycles. The Morgan fingerprint density at radius 2 is 1.50 bits per heavy atom. The van der Waals surface area contributed by atoms with Gasteiger partial charge in [-0.1, -0.05) is 38.1 Å². The summed E-state index contributed by atoms with van der Waals surface area (Å²) in [6.07, 6.45) is 0. The third kappa shape index (κ3) is 6.34. The fourth-order valence-electron chi connectivity index (χ4n) is 3.60. The van der Waals surface area contributed by atoms with E-state index in [4.69, 9.17) is 4.74 Å². The summed E-state index contributed by atoms with van der Waals surface area (Å²) in [5, 5.41) is 5.37. The third-order valence-corrected chi connectivity index (χ3v) is 5.33. The normalized spacial score (nSPS) is 11.4. The van der Waals surface area contributed by atoms with Gasteiger partial charge < -0.3 is 25.2 Å². The number of ether oxygens (including phenoxy) is 1. The van der Waals surface area contributed by atoms with Crippen LogP contribution in [0.1, 0.15) is 34.6 Å². The van der Waals surface area contributed by atoms with Gasteiger partial charge in [-0.2, -0.15) is 0 Å². The molecule has 0 heterocycles. The summed E-state index contributed by atoms with van der Waals surface area (Å²) in [5.41, 5.74) is 1.67. The van der Waals surface area contributed by atoms with Crippen LogP contribution in [0.2, 0.25) is 0 Å². The van der Waals surface area contributed by atoms with E-state index in [0.717, 1.165) is 5.69 Å². The summed E-state index contributed by atoms with van der Waals surface area (Å²) in [7, 11) is 6.43. The molecule has 0 saturated carbocycles. The fraction of sp³-hybridized carbons (Fsp3) is 0.360. The molecule has 0 saturated heterocycles. The number of hydrogen-bond donors (Lipinski definition) is 2. The smallest absolute Gasteiger partial charge is 0.339 e. The van der Waals surface area contributed by atoms with Crippen LogP contribution in [-0.4, -0.2) is 69.4 Å². The molecule has 2 N–H and O–H groups in total. The standard InChI is InChI=1S/C25H32N4O5/c1-16(2)22(24(32)27-19-13-9-7-11-17(19)25(33)34-6)29(5)21(30)15-26-23(31)18-12-8-10-14-20(18)28(3)4/h7-14,16,22H,15H2,1-6H3,(H,26,31)(H,27,32). The van der Waals surface area contributed by atoms with Gasteiger partial charge in [-0.3, -0.25) is 14.4 Å². The third-order valence-electron chi connectivity index (χ3n) is 5.33. The SMILES string of the molecule is COC(=O)c1ccccc1NC(=O)C(C(C)C)N(C)C(=O)CNC(=O)c1ccccc1N(C)C. The summed E-state index contributed by atoms with van der Waals surface area (Å²) in [6, 6.07) is 12.7. The predicted molar refractivity (Wildman–Crippen MR) is 131 cm³/mol. The van der Waals surface area contributed by atoms with Gasteiger partial charge in [0.25, 0.3) is 5.91 Å². The second-order valence-electron chi connectivity index (χ2n) is 8.31. The summed E-state index contributed by atoms with van der Waals surface area (Å²) in [6.45, 7) is 3.35. The highest BCUT2D eigenvalue weighted by Crippen LogP contribution is 2.20. The number of likely N-dealkylation sites (N-methyl/N-ethyl adjacent to an activating group) is 1. The van der Waals surface area contributed by atoms with Crippen LogP contribution in [0.3, 0.4) is 0 Å². The van der Waals surface area contributed by atoms with Crippen molar-refractivity contribution >= 4 is 35.1 Å². The number of rotatable bonds is 9. The van der Waals surface area contributed by atoms with Gasteiger partial charge in [0.15, 0.2) is 0 Å². The Hall–Kier alpha value is -3.88. The molecule has 0 aliphatic carbocycles. The number of anilines is 2. The zero-order valence-electron chi connectivity index (χ0n) is 20.4. The van der Waals surface area contributed by atoms with Crippen molar-refractivity contribution in [3.05, 3.63) is 59.7 Å². The molecular weight excluding hydrogens is 436 g/mol. The quantitative estimate of drug-likeness (QED) is 0.547. The highest BCUT2D eigenvalue weighted by molar-refractivity contribution is 6.04. The maximum atomic E-state index is 13.1. The van der Waals surface area contributed by atoms with E-state index in [2.05, 4.69) is 10.6 Å². The first-order chi connectivity index (χ1) is 16.1. The largest absolute Gasteiger partial charge is 0.465 e. The minimum absolute atomic E-state index is 0.210. The van der Waals surface area contributed by atoms with Crippen LogP contribution < -0.4 is 15.5 Å². The Bertz CT molecular complexity index is 1050. The molecule has 182 valence electrons. The minimum Gasteiger partial charge on any atom is -0.465 e. The van der Waals surface area contributed by atoms with Crippen LogP contribution in [0, 0.1) is 5.92 Å². The van der Waals surface area contributed by atoms with E-state index in [1.165, 1.54) is 19.1 Å². The number of amides is 3. The minimum atomic E-state index is -0.829. The number of methoxy groups -OCH3 is 1. The van der Waals surface area contributed by atoms with Crippen molar-refractivity contribution in [1.29, 1.82) is 0 Å². The highest BCUT2D eigenvalue weighted by Gasteiger charge is 2.31. The van der Waals surface area contributed by atoms with E-state index in [1.54, 1.807) is 36.4 Å². The Balaban J connectivity index is 2.12. The van der Waals surface area contributed by atoms with Crippen molar-refractivity contribution in [1.82, 2.24) is 10.2 Å². The van der Waals surface area contributed by atoms with E-state index in [1.807, 2.05) is 45.0 Å². The molecule has 0 radical (unpaired) electrons. The molecule has 9 nitrogen and oxygen atoms in total. The number of carbonyl (C=O) groups is 4. The van der Waals surface area contributed by atoms with Gasteiger partial charge in [0.05, 0.1) is 30.5 Å². The van der Waals surface area contributed by atoms with Gasteiger partial charge in [-0.15, -0.1) is 0 Å². The Labute approximate surface area is 200 Å². The molecule has 0 bridgehead atoms. The molecule has 2 rings (SSSR count). The Morgan fingerprint density at radius 1 is 0.912 bits per heavy atom. The zero-order valence-corrected chi connectivity index (χ0v) is 20.4. The second kappa shape index (κ2) is 11.8. The number of benzene rings is 2. The van der Waals surface area contributed by atoms with Crippen molar-refractivity contribution in [2.45, 2.75) is 19.9 Å². The molecule has 0 spiro atoms. The van der Waals surface area contributed by atoms with E-state index >= 15 is 0 Å². The zero-order chi connectivity index (χ0) is 25.4. The fourth-order valence-corrected chi connectivity index (χ4v) is 3.60. The molecule has 0 fully saturated rings. The molecule has 1 atom stereocenters. The number of nitrogens with zero attached hydrogens (tertiary/aromatic N) is 2. The topological polar surface area (TPSA) is 108 Å². The van der Waals surface area contributed by atoms with Crippen molar-refractivity contribution in [2.75, 3.05) is 45.0 Å². The molecule has 0 aromatic heterocycles. The number of carbonyl (C=O) groups excluding carboxylic acids is 4. The molecular formula is C25H32N4O5. The van der Waals surface area contributed by atoms with Crippen molar-refractivity contribution < 1.29 is 23.9 Å². The lowest BCUT2D eigenvalue weighted by atomic mass is 10.0. The van der Waals surface area contributed by atoms with Gasteiger partial charge in [0.1, 0.15) is 6.04 Å². The number of nitrogens with one attached hydrogen (secondary N) is 2. The lowest BCUT2D eigenvalue weighted by Gasteiger charge is -2.30. The predicted octanol–water partition coefficient (Wildman–Crippen LogP) is 2.39. The molecule has 2 aromatic carbocycles. The summed E-state index contributed by atoms with van der Waals surface area (Å²) < 4.78 is 4.77. The van der Waals surface area contributed by atoms with Gasteiger partial charge in [-0.25, -0.2) is 4.79 Å². The molecule has 0 aliphatic rings. The molecule has 2 aromatic rings. The Kier molecular flexibility index (Phi) is 9.18. The van der Waals surface area contributed by atoms with Crippen LogP contribution >= 0.6 is 0 Å². The summed E-state index contributed by atoms with van der Waals surface area (Å²) in [4.78, 5) is 53.8. The van der Waals surface area contributed by atoms with Crippen LogP contribution in [0.4, 0.5) is 11.4 Å². The van der Waals surface area contributed by atoms with E-state index < -0.39 is 23.8 Å². The first-order valence-electron chi connectivity index (χ1n) is 10.9. The van der Waals surface area contributed by atoms with Gasteiger partial charge >= 0.3 is 5.97 Å². The van der Waals surface area contributed by atoms with Crippen molar-refractivity contribution in [3.8, 4) is 0 Å². The molecule has 34 heavy (non-hydrogen) atoms. The Morgan fingerprint density at radius 3 is 2.09 bits per heavy atom. The highest BCUT2D eigenvalue weighted by atomic mass is 16.5. The molecule has 3 amide bonds. The first kappa shape index (κ1) is 26.4. The maximum Gasteiger partial charge on any atom is 0.339 e. The summed E-state index contributed by atoms with van der Waals surface area (Å²) in [5.74, 6) is -2.08. The van der Waals surface area contributed by atoms with E-state index in [-0.39, 0.29) is 23.9 Å². The van der Waals surface area contributed by atoms with E-state index in [0.29, 0.717) is 11.3 Å². The lowest BCUT2D eigenvalue weighted by molar-refractivity contribution is -0.137.